The van der Waals surface area contributed by atoms with E-state index in [-0.39, 0.29) is 10.8 Å². The molecule has 0 radical (unpaired) electrons. The quantitative estimate of drug-likeness (QED) is 0.772. The molecule has 4 rings (SSSR count). The zero-order valence-corrected chi connectivity index (χ0v) is 15.7. The number of benzene rings is 1. The molecule has 0 unspecified atom stereocenters. The minimum Gasteiger partial charge on any atom is -0.244 e. The second-order valence-electron chi connectivity index (χ2n) is 7.68. The van der Waals surface area contributed by atoms with Gasteiger partial charge in [-0.3, -0.25) is 0 Å². The largest absolute Gasteiger partial charge is 0.244 e. The first kappa shape index (κ1) is 17.4. The van der Waals surface area contributed by atoms with E-state index in [4.69, 9.17) is 0 Å². The van der Waals surface area contributed by atoms with Crippen molar-refractivity contribution in [2.75, 3.05) is 6.26 Å². The van der Waals surface area contributed by atoms with E-state index in [0.29, 0.717) is 5.41 Å². The Labute approximate surface area is 153 Å². The van der Waals surface area contributed by atoms with E-state index in [9.17, 15) is 12.8 Å². The fourth-order valence-electron chi connectivity index (χ4n) is 4.49. The summed E-state index contributed by atoms with van der Waals surface area (Å²) in [4.78, 5) is 4.17. The Morgan fingerprint density at radius 1 is 0.923 bits per heavy atom. The van der Waals surface area contributed by atoms with Gasteiger partial charge in [-0.05, 0) is 71.6 Å². The smallest absolute Gasteiger partial charge is 0.192 e. The number of pyridine rings is 1. The van der Waals surface area contributed by atoms with Crippen molar-refractivity contribution >= 4 is 21.0 Å². The summed E-state index contributed by atoms with van der Waals surface area (Å²) in [7, 11) is -3.30. The molecule has 0 saturated heterocycles. The summed E-state index contributed by atoms with van der Waals surface area (Å²) in [5, 5.41) is 0.0961. The molecule has 1 spiro atoms. The topological polar surface area (TPSA) is 47.0 Å². The molecule has 2 aromatic rings. The average Bonchev–Trinajstić information content (AvgIpc) is 3.22. The van der Waals surface area contributed by atoms with Gasteiger partial charge in [0.15, 0.2) is 14.9 Å². The van der Waals surface area contributed by atoms with Crippen LogP contribution in [0.15, 0.2) is 47.6 Å². The van der Waals surface area contributed by atoms with Gasteiger partial charge in [0.05, 0.1) is 0 Å². The fourth-order valence-corrected chi connectivity index (χ4v) is 5.05. The number of halogens is 1. The molecule has 0 bridgehead atoms. The number of hydrogen-bond acceptors (Lipinski definition) is 3. The van der Waals surface area contributed by atoms with E-state index in [1.165, 1.54) is 55.2 Å². The standard InChI is InChI=1S/C21H22FNO2S/c1-26(24,25)20-9-6-16(14-23-20)19-13-21(10-2-3-11-21)12-18(19)15-4-7-17(22)8-5-15/h4-9,14H,2-3,10-13H2,1H3. The molecule has 2 aliphatic rings. The molecule has 1 fully saturated rings. The van der Waals surface area contributed by atoms with Crippen LogP contribution in [0.25, 0.3) is 11.1 Å². The predicted octanol–water partition coefficient (Wildman–Crippen LogP) is 4.89. The van der Waals surface area contributed by atoms with Gasteiger partial charge in [0.25, 0.3) is 0 Å². The Morgan fingerprint density at radius 3 is 2.04 bits per heavy atom. The molecule has 0 amide bonds. The molecule has 1 saturated carbocycles. The molecule has 26 heavy (non-hydrogen) atoms. The van der Waals surface area contributed by atoms with Crippen LogP contribution in [0.4, 0.5) is 4.39 Å². The Balaban J connectivity index is 1.78. The van der Waals surface area contributed by atoms with Gasteiger partial charge < -0.3 is 0 Å². The summed E-state index contributed by atoms with van der Waals surface area (Å²) in [6, 6.07) is 10.1. The van der Waals surface area contributed by atoms with Crippen LogP contribution in [0.5, 0.6) is 0 Å². The van der Waals surface area contributed by atoms with Crippen molar-refractivity contribution in [2.24, 2.45) is 5.41 Å². The maximum absolute atomic E-state index is 13.4. The van der Waals surface area contributed by atoms with Crippen LogP contribution in [-0.2, 0) is 9.84 Å². The summed E-state index contributed by atoms with van der Waals surface area (Å²) in [5.74, 6) is -0.233. The normalized spacial score (nSPS) is 19.5. The molecule has 0 atom stereocenters. The summed E-state index contributed by atoms with van der Waals surface area (Å²) in [6.07, 6.45) is 9.78. The SMILES string of the molecule is CS(=O)(=O)c1ccc(C2=C(c3ccc(F)cc3)CC3(CCCC3)C2)cn1. The van der Waals surface area contributed by atoms with E-state index in [0.717, 1.165) is 24.0 Å². The van der Waals surface area contributed by atoms with E-state index < -0.39 is 9.84 Å². The van der Waals surface area contributed by atoms with E-state index >= 15 is 0 Å². The number of aromatic nitrogens is 1. The molecule has 3 nitrogen and oxygen atoms in total. The highest BCUT2D eigenvalue weighted by molar-refractivity contribution is 7.90. The van der Waals surface area contributed by atoms with Crippen molar-refractivity contribution in [1.29, 1.82) is 0 Å². The first-order valence-corrected chi connectivity index (χ1v) is 10.9. The number of hydrogen-bond donors (Lipinski definition) is 0. The van der Waals surface area contributed by atoms with Gasteiger partial charge in [-0.1, -0.05) is 31.0 Å². The lowest BCUT2D eigenvalue weighted by molar-refractivity contribution is 0.330. The van der Waals surface area contributed by atoms with Gasteiger partial charge in [-0.2, -0.15) is 0 Å². The van der Waals surface area contributed by atoms with Crippen LogP contribution in [0.1, 0.15) is 49.7 Å². The summed E-state index contributed by atoms with van der Waals surface area (Å²) >= 11 is 0. The maximum Gasteiger partial charge on any atom is 0.192 e. The molecule has 0 N–H and O–H groups in total. The van der Waals surface area contributed by atoms with Gasteiger partial charge in [-0.25, -0.2) is 17.8 Å². The lowest BCUT2D eigenvalue weighted by atomic mass is 9.81. The van der Waals surface area contributed by atoms with Crippen molar-refractivity contribution in [3.63, 3.8) is 0 Å². The monoisotopic (exact) mass is 371 g/mol. The highest BCUT2D eigenvalue weighted by Crippen LogP contribution is 2.57. The first-order chi connectivity index (χ1) is 12.4. The van der Waals surface area contributed by atoms with Crippen molar-refractivity contribution in [2.45, 2.75) is 43.6 Å². The van der Waals surface area contributed by atoms with Crippen molar-refractivity contribution in [1.82, 2.24) is 4.98 Å². The van der Waals surface area contributed by atoms with Crippen LogP contribution >= 0.6 is 0 Å². The molecule has 136 valence electrons. The Kier molecular flexibility index (Phi) is 4.22. The summed E-state index contributed by atoms with van der Waals surface area (Å²) in [6.45, 7) is 0. The molecular weight excluding hydrogens is 349 g/mol. The Morgan fingerprint density at radius 2 is 1.50 bits per heavy atom. The van der Waals surface area contributed by atoms with Gasteiger partial charge in [0.1, 0.15) is 5.82 Å². The fraction of sp³-hybridized carbons (Fsp3) is 0.381. The number of sulfone groups is 1. The second kappa shape index (κ2) is 6.31. The van der Waals surface area contributed by atoms with E-state index in [1.54, 1.807) is 12.3 Å². The maximum atomic E-state index is 13.4. The van der Waals surface area contributed by atoms with Crippen molar-refractivity contribution in [3.05, 3.63) is 59.5 Å². The summed E-state index contributed by atoms with van der Waals surface area (Å²) < 4.78 is 36.7. The third kappa shape index (κ3) is 3.20. The summed E-state index contributed by atoms with van der Waals surface area (Å²) in [5.41, 5.74) is 4.80. The lowest BCUT2D eigenvalue weighted by Gasteiger charge is -2.23. The van der Waals surface area contributed by atoms with Crippen LogP contribution < -0.4 is 0 Å². The second-order valence-corrected chi connectivity index (χ2v) is 9.64. The van der Waals surface area contributed by atoms with Gasteiger partial charge in [0.2, 0.25) is 0 Å². The van der Waals surface area contributed by atoms with E-state index in [2.05, 4.69) is 4.98 Å². The number of nitrogens with zero attached hydrogens (tertiary/aromatic N) is 1. The van der Waals surface area contributed by atoms with Gasteiger partial charge in [-0.15, -0.1) is 0 Å². The predicted molar refractivity (Wildman–Crippen MR) is 101 cm³/mol. The third-order valence-electron chi connectivity index (χ3n) is 5.79. The van der Waals surface area contributed by atoms with Crippen LogP contribution in [0.3, 0.4) is 0 Å². The molecule has 1 heterocycles. The highest BCUT2D eigenvalue weighted by atomic mass is 32.2. The molecule has 0 aliphatic heterocycles. The van der Waals surface area contributed by atoms with Gasteiger partial charge in [0, 0.05) is 12.5 Å². The zero-order valence-electron chi connectivity index (χ0n) is 14.8. The molecule has 5 heteroatoms. The lowest BCUT2D eigenvalue weighted by Crippen LogP contribution is -2.11. The third-order valence-corrected chi connectivity index (χ3v) is 6.79. The van der Waals surface area contributed by atoms with Crippen molar-refractivity contribution < 1.29 is 12.8 Å². The van der Waals surface area contributed by atoms with Crippen LogP contribution in [0, 0.1) is 11.2 Å². The average molecular weight is 371 g/mol. The highest BCUT2D eigenvalue weighted by Gasteiger charge is 2.41. The Bertz CT molecular complexity index is 954. The molecule has 1 aromatic heterocycles. The molecular formula is C21H22FNO2S. The van der Waals surface area contributed by atoms with Crippen LogP contribution in [-0.4, -0.2) is 19.7 Å². The van der Waals surface area contributed by atoms with Gasteiger partial charge >= 0.3 is 0 Å². The minimum atomic E-state index is -3.30. The molecule has 1 aromatic carbocycles. The number of allylic oxidation sites excluding steroid dienone is 2. The first-order valence-electron chi connectivity index (χ1n) is 9.01. The zero-order chi connectivity index (χ0) is 18.4. The van der Waals surface area contributed by atoms with E-state index in [1.807, 2.05) is 18.2 Å². The number of rotatable bonds is 3. The molecule has 2 aliphatic carbocycles. The Hall–Kier alpha value is -2.01. The van der Waals surface area contributed by atoms with Crippen molar-refractivity contribution in [3.8, 4) is 0 Å². The minimum absolute atomic E-state index is 0.0961. The van der Waals surface area contributed by atoms with Crippen LogP contribution in [0.2, 0.25) is 0 Å².